The normalized spacial score (nSPS) is 9.92. The second-order valence-electron chi connectivity index (χ2n) is 2.57. The van der Waals surface area contributed by atoms with Crippen molar-refractivity contribution in [2.45, 2.75) is 0 Å². The van der Waals surface area contributed by atoms with E-state index in [0.717, 1.165) is 16.2 Å². The lowest BCUT2D eigenvalue weighted by atomic mass is 10.1. The fraction of sp³-hybridized carbons (Fsp3) is 0.100. The lowest BCUT2D eigenvalue weighted by Gasteiger charge is -2.00. The molecule has 0 radical (unpaired) electrons. The molecule has 0 aliphatic heterocycles. The zero-order valence-corrected chi connectivity index (χ0v) is 8.04. The molecule has 2 rings (SSSR count). The van der Waals surface area contributed by atoms with Gasteiger partial charge in [-0.2, -0.15) is 0 Å². The number of ether oxygens (including phenoxy) is 1. The zero-order chi connectivity index (χ0) is 9.10. The Morgan fingerprint density at radius 2 is 2.31 bits per heavy atom. The molecule has 0 amide bonds. The SMILES string of the molecule is COc1sccc1-c1cccnc1. The standard InChI is InChI=1S/C10H9NOS/c1-12-10-9(4-6-13-10)8-3-2-5-11-7-8/h2-7H,1H3. The molecule has 2 aromatic heterocycles. The molecule has 0 atom stereocenters. The van der Waals surface area contributed by atoms with Gasteiger partial charge in [-0.25, -0.2) is 0 Å². The van der Waals surface area contributed by atoms with Gasteiger partial charge < -0.3 is 4.74 Å². The van der Waals surface area contributed by atoms with Crippen molar-refractivity contribution in [3.8, 4) is 16.2 Å². The van der Waals surface area contributed by atoms with Gasteiger partial charge in [-0.05, 0) is 17.5 Å². The molecule has 0 saturated heterocycles. The highest BCUT2D eigenvalue weighted by atomic mass is 32.1. The minimum Gasteiger partial charge on any atom is -0.487 e. The fourth-order valence-corrected chi connectivity index (χ4v) is 1.93. The third kappa shape index (κ3) is 1.55. The Bertz CT molecular complexity index is 383. The van der Waals surface area contributed by atoms with Gasteiger partial charge in [-0.15, -0.1) is 11.3 Å². The third-order valence-corrected chi connectivity index (χ3v) is 2.66. The molecular formula is C10H9NOS. The number of hydrogen-bond donors (Lipinski definition) is 0. The topological polar surface area (TPSA) is 22.1 Å². The van der Waals surface area contributed by atoms with Crippen LogP contribution in [0, 0.1) is 0 Å². The van der Waals surface area contributed by atoms with Crippen molar-refractivity contribution in [3.05, 3.63) is 36.0 Å². The summed E-state index contributed by atoms with van der Waals surface area (Å²) in [6, 6.07) is 5.99. The van der Waals surface area contributed by atoms with Crippen molar-refractivity contribution >= 4 is 11.3 Å². The van der Waals surface area contributed by atoms with Crippen LogP contribution in [0.2, 0.25) is 0 Å². The van der Waals surface area contributed by atoms with Gasteiger partial charge >= 0.3 is 0 Å². The Morgan fingerprint density at radius 1 is 1.38 bits per heavy atom. The molecule has 0 aromatic carbocycles. The highest BCUT2D eigenvalue weighted by Gasteiger charge is 2.05. The Kier molecular flexibility index (Phi) is 2.27. The largest absolute Gasteiger partial charge is 0.487 e. The van der Waals surface area contributed by atoms with Crippen LogP contribution in [-0.2, 0) is 0 Å². The number of hydrogen-bond acceptors (Lipinski definition) is 3. The van der Waals surface area contributed by atoms with Gasteiger partial charge in [0.15, 0.2) is 5.06 Å². The van der Waals surface area contributed by atoms with E-state index in [-0.39, 0.29) is 0 Å². The minimum absolute atomic E-state index is 0.938. The van der Waals surface area contributed by atoms with Crippen molar-refractivity contribution in [2.75, 3.05) is 7.11 Å². The lowest BCUT2D eigenvalue weighted by Crippen LogP contribution is -1.82. The predicted octanol–water partition coefficient (Wildman–Crippen LogP) is 2.82. The molecule has 0 N–H and O–H groups in total. The Labute approximate surface area is 80.8 Å². The molecule has 66 valence electrons. The van der Waals surface area contributed by atoms with E-state index in [0.29, 0.717) is 0 Å². The van der Waals surface area contributed by atoms with Crippen molar-refractivity contribution in [1.29, 1.82) is 0 Å². The summed E-state index contributed by atoms with van der Waals surface area (Å²) in [4.78, 5) is 4.07. The molecule has 0 saturated carbocycles. The van der Waals surface area contributed by atoms with Crippen LogP contribution in [0.5, 0.6) is 5.06 Å². The predicted molar refractivity (Wildman–Crippen MR) is 54.1 cm³/mol. The van der Waals surface area contributed by atoms with E-state index in [2.05, 4.69) is 4.98 Å². The molecule has 0 aliphatic carbocycles. The van der Waals surface area contributed by atoms with Crippen molar-refractivity contribution in [2.24, 2.45) is 0 Å². The molecule has 2 nitrogen and oxygen atoms in total. The first-order valence-corrected chi connectivity index (χ1v) is 4.81. The van der Waals surface area contributed by atoms with Crippen LogP contribution in [0.3, 0.4) is 0 Å². The van der Waals surface area contributed by atoms with E-state index in [1.807, 2.05) is 29.8 Å². The third-order valence-electron chi connectivity index (χ3n) is 1.79. The fourth-order valence-electron chi connectivity index (χ4n) is 1.19. The van der Waals surface area contributed by atoms with Gasteiger partial charge in [0.05, 0.1) is 7.11 Å². The first-order valence-electron chi connectivity index (χ1n) is 3.93. The van der Waals surface area contributed by atoms with E-state index < -0.39 is 0 Å². The summed E-state index contributed by atoms with van der Waals surface area (Å²) in [6.07, 6.45) is 3.60. The molecule has 0 bridgehead atoms. The van der Waals surface area contributed by atoms with Crippen LogP contribution in [0.25, 0.3) is 11.1 Å². The van der Waals surface area contributed by atoms with E-state index in [4.69, 9.17) is 4.74 Å². The molecule has 3 heteroatoms. The molecule has 2 heterocycles. The number of rotatable bonds is 2. The summed E-state index contributed by atoms with van der Waals surface area (Å²) in [5.41, 5.74) is 2.21. The number of aromatic nitrogens is 1. The smallest absolute Gasteiger partial charge is 0.181 e. The number of thiophene rings is 1. The van der Waals surface area contributed by atoms with Crippen LogP contribution in [-0.4, -0.2) is 12.1 Å². The van der Waals surface area contributed by atoms with Crippen LogP contribution in [0.1, 0.15) is 0 Å². The van der Waals surface area contributed by atoms with Crippen LogP contribution < -0.4 is 4.74 Å². The summed E-state index contributed by atoms with van der Waals surface area (Å²) in [5.74, 6) is 0. The van der Waals surface area contributed by atoms with Crippen LogP contribution >= 0.6 is 11.3 Å². The lowest BCUT2D eigenvalue weighted by molar-refractivity contribution is 0.428. The van der Waals surface area contributed by atoms with E-state index in [9.17, 15) is 0 Å². The van der Waals surface area contributed by atoms with E-state index in [1.54, 1.807) is 24.6 Å². The quantitative estimate of drug-likeness (QED) is 0.728. The second kappa shape index (κ2) is 3.58. The highest BCUT2D eigenvalue weighted by molar-refractivity contribution is 7.12. The monoisotopic (exact) mass is 191 g/mol. The van der Waals surface area contributed by atoms with Gasteiger partial charge in [0.1, 0.15) is 0 Å². The minimum atomic E-state index is 0.938. The summed E-state index contributed by atoms with van der Waals surface area (Å²) in [7, 11) is 1.69. The maximum Gasteiger partial charge on any atom is 0.181 e. The Morgan fingerprint density at radius 3 is 3.00 bits per heavy atom. The molecule has 13 heavy (non-hydrogen) atoms. The second-order valence-corrected chi connectivity index (χ2v) is 3.45. The van der Waals surface area contributed by atoms with Crippen LogP contribution in [0.15, 0.2) is 36.0 Å². The Hall–Kier alpha value is -1.35. The van der Waals surface area contributed by atoms with Crippen molar-refractivity contribution in [1.82, 2.24) is 4.98 Å². The molecule has 0 unspecified atom stereocenters. The summed E-state index contributed by atoms with van der Waals surface area (Å²) < 4.78 is 5.23. The van der Waals surface area contributed by atoms with Gasteiger partial charge in [0.25, 0.3) is 0 Å². The van der Waals surface area contributed by atoms with Crippen molar-refractivity contribution in [3.63, 3.8) is 0 Å². The maximum absolute atomic E-state index is 5.23. The Balaban J connectivity index is 2.47. The van der Waals surface area contributed by atoms with Crippen LogP contribution in [0.4, 0.5) is 0 Å². The first-order chi connectivity index (χ1) is 6.42. The highest BCUT2D eigenvalue weighted by Crippen LogP contribution is 2.34. The molecular weight excluding hydrogens is 182 g/mol. The van der Waals surface area contributed by atoms with Gasteiger partial charge in [0, 0.05) is 23.5 Å². The number of nitrogens with zero attached hydrogens (tertiary/aromatic N) is 1. The van der Waals surface area contributed by atoms with E-state index in [1.165, 1.54) is 0 Å². The molecule has 0 aliphatic rings. The average Bonchev–Trinajstić information content (AvgIpc) is 2.67. The summed E-state index contributed by atoms with van der Waals surface area (Å²) in [6.45, 7) is 0. The number of methoxy groups -OCH3 is 1. The first kappa shape index (κ1) is 8.26. The molecule has 0 fully saturated rings. The van der Waals surface area contributed by atoms with Gasteiger partial charge in [-0.3, -0.25) is 4.98 Å². The van der Waals surface area contributed by atoms with Gasteiger partial charge in [-0.1, -0.05) is 6.07 Å². The summed E-state index contributed by atoms with van der Waals surface area (Å²) in [5, 5.41) is 2.95. The van der Waals surface area contributed by atoms with Gasteiger partial charge in [0.2, 0.25) is 0 Å². The number of pyridine rings is 1. The summed E-state index contributed by atoms with van der Waals surface area (Å²) >= 11 is 1.59. The molecule has 0 spiro atoms. The maximum atomic E-state index is 5.23. The van der Waals surface area contributed by atoms with E-state index >= 15 is 0 Å². The average molecular weight is 191 g/mol. The zero-order valence-electron chi connectivity index (χ0n) is 7.23. The molecule has 2 aromatic rings. The van der Waals surface area contributed by atoms with Crippen molar-refractivity contribution < 1.29 is 4.74 Å².